The summed E-state index contributed by atoms with van der Waals surface area (Å²) in [6.07, 6.45) is 0. The van der Waals surface area contributed by atoms with Gasteiger partial charge < -0.3 is 18.9 Å². The molecule has 2 heterocycles. The third-order valence-corrected chi connectivity index (χ3v) is 7.93. The van der Waals surface area contributed by atoms with Crippen molar-refractivity contribution in [3.63, 3.8) is 0 Å². The largest absolute Gasteiger partial charge is 0.494 e. The maximum Gasteiger partial charge on any atom is 0.494 e. The van der Waals surface area contributed by atoms with Gasteiger partial charge in [-0.15, -0.1) is 0 Å². The number of rotatable bonds is 4. The van der Waals surface area contributed by atoms with E-state index in [1.807, 2.05) is 33.8 Å². The highest BCUT2D eigenvalue weighted by Gasteiger charge is 2.52. The van der Waals surface area contributed by atoms with Gasteiger partial charge in [0.25, 0.3) is 0 Å². The van der Waals surface area contributed by atoms with Crippen LogP contribution in [0, 0.1) is 0 Å². The smallest absolute Gasteiger partial charge is 0.399 e. The molecule has 2 saturated heterocycles. The minimum atomic E-state index is -3.68. The van der Waals surface area contributed by atoms with Crippen LogP contribution in [0.2, 0.25) is 0 Å². The van der Waals surface area contributed by atoms with E-state index in [0.717, 1.165) is 5.69 Å². The predicted octanol–water partition coefficient (Wildman–Crippen LogP) is 2.66. The van der Waals surface area contributed by atoms with E-state index < -0.39 is 28.2 Å². The van der Waals surface area contributed by atoms with Crippen LogP contribution in [0.15, 0.2) is 58.3 Å². The summed E-state index contributed by atoms with van der Waals surface area (Å²) in [4.78, 5) is 2.65. The van der Waals surface area contributed by atoms with Gasteiger partial charge in [0.2, 0.25) is 9.84 Å². The second-order valence-electron chi connectivity index (χ2n) is 8.76. The summed E-state index contributed by atoms with van der Waals surface area (Å²) in [6, 6.07) is 13.9. The highest BCUT2D eigenvalue weighted by Crippen LogP contribution is 2.37. The standard InChI is InChI=1S/C22H28BNO5S/c1-21(2)22(3,4)29-23(28-21)17-14-18(24-10-12-27-13-11-24)16-20(15-17)30(25,26)19-8-6-5-7-9-19/h5-9,14-16H,10-13H2,1-4H3. The Morgan fingerprint density at radius 3 is 2.07 bits per heavy atom. The molecule has 2 aromatic carbocycles. The van der Waals surface area contributed by atoms with Crippen molar-refractivity contribution in [2.45, 2.75) is 48.7 Å². The first-order chi connectivity index (χ1) is 14.1. The molecule has 0 radical (unpaired) electrons. The summed E-state index contributed by atoms with van der Waals surface area (Å²) >= 11 is 0. The Hall–Kier alpha value is -1.87. The Morgan fingerprint density at radius 2 is 1.47 bits per heavy atom. The predicted molar refractivity (Wildman–Crippen MR) is 117 cm³/mol. The Balaban J connectivity index is 1.80. The molecule has 0 saturated carbocycles. The third kappa shape index (κ3) is 3.89. The Labute approximate surface area is 179 Å². The molecule has 0 aliphatic carbocycles. The summed E-state index contributed by atoms with van der Waals surface area (Å²) in [5, 5.41) is 0. The minimum Gasteiger partial charge on any atom is -0.399 e. The molecule has 2 aromatic rings. The lowest BCUT2D eigenvalue weighted by Crippen LogP contribution is -2.41. The maximum absolute atomic E-state index is 13.4. The molecule has 8 heteroatoms. The second kappa shape index (κ2) is 7.68. The number of hydrogen-bond donors (Lipinski definition) is 0. The molecule has 0 N–H and O–H groups in total. The van der Waals surface area contributed by atoms with E-state index in [9.17, 15) is 8.42 Å². The lowest BCUT2D eigenvalue weighted by atomic mass is 9.79. The monoisotopic (exact) mass is 429 g/mol. The first-order valence-electron chi connectivity index (χ1n) is 10.2. The first-order valence-corrected chi connectivity index (χ1v) is 11.7. The van der Waals surface area contributed by atoms with E-state index in [0.29, 0.717) is 31.8 Å². The van der Waals surface area contributed by atoms with Crippen LogP contribution < -0.4 is 10.4 Å². The summed E-state index contributed by atoms with van der Waals surface area (Å²) in [5.41, 5.74) is 0.517. The number of anilines is 1. The van der Waals surface area contributed by atoms with Gasteiger partial charge in [-0.1, -0.05) is 18.2 Å². The summed E-state index contributed by atoms with van der Waals surface area (Å²) < 4.78 is 44.6. The topological polar surface area (TPSA) is 65.1 Å². The molecule has 4 rings (SSSR count). The van der Waals surface area contributed by atoms with E-state index in [2.05, 4.69) is 4.90 Å². The van der Waals surface area contributed by atoms with E-state index in [-0.39, 0.29) is 9.79 Å². The van der Waals surface area contributed by atoms with Crippen molar-refractivity contribution in [3.05, 3.63) is 48.5 Å². The molecular weight excluding hydrogens is 401 g/mol. The Bertz CT molecular complexity index is 1000. The molecule has 30 heavy (non-hydrogen) atoms. The lowest BCUT2D eigenvalue weighted by molar-refractivity contribution is 0.00578. The molecule has 2 aliphatic rings. The minimum absolute atomic E-state index is 0.238. The molecular formula is C22H28BNO5S. The van der Waals surface area contributed by atoms with E-state index in [1.165, 1.54) is 0 Å². The molecule has 2 aliphatic heterocycles. The van der Waals surface area contributed by atoms with Gasteiger partial charge in [-0.25, -0.2) is 8.42 Å². The first kappa shape index (κ1) is 21.4. The number of benzene rings is 2. The van der Waals surface area contributed by atoms with Crippen molar-refractivity contribution < 1.29 is 22.5 Å². The van der Waals surface area contributed by atoms with Crippen LogP contribution in [-0.2, 0) is 23.9 Å². The highest BCUT2D eigenvalue weighted by atomic mass is 32.2. The van der Waals surface area contributed by atoms with Gasteiger partial charge in [-0.3, -0.25) is 0 Å². The number of morpholine rings is 1. The SMILES string of the molecule is CC1(C)OB(c2cc(N3CCOCC3)cc(S(=O)(=O)c3ccccc3)c2)OC1(C)C. The molecule has 2 fully saturated rings. The summed E-state index contributed by atoms with van der Waals surface area (Å²) in [7, 11) is -4.32. The molecule has 0 bridgehead atoms. The van der Waals surface area contributed by atoms with E-state index in [1.54, 1.807) is 42.5 Å². The molecule has 0 atom stereocenters. The van der Waals surface area contributed by atoms with Crippen molar-refractivity contribution in [1.82, 2.24) is 0 Å². The van der Waals surface area contributed by atoms with Crippen molar-refractivity contribution in [1.29, 1.82) is 0 Å². The molecule has 0 unspecified atom stereocenters. The maximum atomic E-state index is 13.4. The van der Waals surface area contributed by atoms with Crippen LogP contribution in [0.5, 0.6) is 0 Å². The fourth-order valence-electron chi connectivity index (χ4n) is 3.62. The van der Waals surface area contributed by atoms with Crippen LogP contribution in [0.4, 0.5) is 5.69 Å². The zero-order chi connectivity index (χ0) is 21.6. The lowest BCUT2D eigenvalue weighted by Gasteiger charge is -2.32. The zero-order valence-corrected chi connectivity index (χ0v) is 18.7. The molecule has 6 nitrogen and oxygen atoms in total. The van der Waals surface area contributed by atoms with Crippen LogP contribution in [-0.4, -0.2) is 53.0 Å². The zero-order valence-electron chi connectivity index (χ0n) is 17.9. The summed E-state index contributed by atoms with van der Waals surface area (Å²) in [5.74, 6) is 0. The van der Waals surface area contributed by atoms with E-state index in [4.69, 9.17) is 14.0 Å². The van der Waals surface area contributed by atoms with Gasteiger partial charge >= 0.3 is 7.12 Å². The van der Waals surface area contributed by atoms with Crippen LogP contribution >= 0.6 is 0 Å². The fourth-order valence-corrected chi connectivity index (χ4v) is 4.97. The second-order valence-corrected chi connectivity index (χ2v) is 10.7. The summed E-state index contributed by atoms with van der Waals surface area (Å²) in [6.45, 7) is 10.6. The highest BCUT2D eigenvalue weighted by molar-refractivity contribution is 7.91. The average Bonchev–Trinajstić information content (AvgIpc) is 2.96. The Morgan fingerprint density at radius 1 is 0.867 bits per heavy atom. The van der Waals surface area contributed by atoms with Gasteiger partial charge in [0.1, 0.15) is 0 Å². The molecule has 0 amide bonds. The number of hydrogen-bond acceptors (Lipinski definition) is 6. The number of sulfone groups is 1. The van der Waals surface area contributed by atoms with Gasteiger partial charge in [-0.2, -0.15) is 0 Å². The quantitative estimate of drug-likeness (QED) is 0.697. The average molecular weight is 429 g/mol. The molecule has 160 valence electrons. The van der Waals surface area contributed by atoms with Crippen molar-refractivity contribution in [2.75, 3.05) is 31.2 Å². The molecule has 0 spiro atoms. The van der Waals surface area contributed by atoms with Crippen molar-refractivity contribution in [3.8, 4) is 0 Å². The van der Waals surface area contributed by atoms with Gasteiger partial charge in [0.15, 0.2) is 0 Å². The fraction of sp³-hybridized carbons (Fsp3) is 0.455. The van der Waals surface area contributed by atoms with Gasteiger partial charge in [0, 0.05) is 18.8 Å². The van der Waals surface area contributed by atoms with Gasteiger partial charge in [-0.05, 0) is 63.5 Å². The van der Waals surface area contributed by atoms with Crippen LogP contribution in [0.25, 0.3) is 0 Å². The van der Waals surface area contributed by atoms with Crippen molar-refractivity contribution >= 4 is 28.1 Å². The number of nitrogens with zero attached hydrogens (tertiary/aromatic N) is 1. The van der Waals surface area contributed by atoms with E-state index >= 15 is 0 Å². The van der Waals surface area contributed by atoms with Crippen molar-refractivity contribution in [2.24, 2.45) is 0 Å². The normalized spacial score (nSPS) is 21.1. The van der Waals surface area contributed by atoms with Gasteiger partial charge in [0.05, 0.1) is 34.2 Å². The Kier molecular flexibility index (Phi) is 5.47. The number of ether oxygens (including phenoxy) is 1. The molecule has 0 aromatic heterocycles. The third-order valence-electron chi connectivity index (χ3n) is 6.18. The van der Waals surface area contributed by atoms with Crippen LogP contribution in [0.1, 0.15) is 27.7 Å². The van der Waals surface area contributed by atoms with Crippen LogP contribution in [0.3, 0.4) is 0 Å².